The molecule has 0 bridgehead atoms. The Kier molecular flexibility index (Phi) is 6.77. The molecule has 1 N–H and O–H groups in total. The number of nitrogens with zero attached hydrogens (tertiary/aromatic N) is 1. The third-order valence-electron chi connectivity index (χ3n) is 4.04. The van der Waals surface area contributed by atoms with Crippen LogP contribution in [0.15, 0.2) is 60.8 Å². The second kappa shape index (κ2) is 9.36. The Hall–Kier alpha value is -3.80. The van der Waals surface area contributed by atoms with Crippen molar-refractivity contribution in [2.24, 2.45) is 0 Å². The van der Waals surface area contributed by atoms with Crippen molar-refractivity contribution in [3.8, 4) is 34.3 Å². The average Bonchev–Trinajstić information content (AvgIpc) is 2.72. The molecule has 0 aliphatic rings. The average molecular weight is 482 g/mol. The number of benzene rings is 2. The molecule has 3 rings (SSSR count). The van der Waals surface area contributed by atoms with Gasteiger partial charge in [-0.05, 0) is 42.5 Å². The van der Waals surface area contributed by atoms with Crippen molar-refractivity contribution in [2.75, 3.05) is 13.4 Å². The highest BCUT2D eigenvalue weighted by Crippen LogP contribution is 2.39. The number of sulfonamides is 1. The molecule has 0 saturated heterocycles. The topological polar surface area (TPSA) is 104 Å². The van der Waals surface area contributed by atoms with E-state index in [0.29, 0.717) is 5.56 Å². The fourth-order valence-electron chi connectivity index (χ4n) is 2.82. The van der Waals surface area contributed by atoms with Gasteiger partial charge >= 0.3 is 6.36 Å². The number of aromatic nitrogens is 1. The van der Waals surface area contributed by atoms with Gasteiger partial charge in [0.15, 0.2) is 0 Å². The van der Waals surface area contributed by atoms with Gasteiger partial charge in [0.25, 0.3) is 5.91 Å². The SMILES string of the molecule is COc1ncccc1-c1cc(C(=O)NS(C)(=O)=O)ccc1Oc1cccc(OC(F)(F)F)c1. The zero-order chi connectivity index (χ0) is 24.2. The monoisotopic (exact) mass is 482 g/mol. The lowest BCUT2D eigenvalue weighted by Gasteiger charge is -2.15. The maximum atomic E-state index is 12.5. The summed E-state index contributed by atoms with van der Waals surface area (Å²) in [6.07, 6.45) is -2.56. The predicted octanol–water partition coefficient (Wildman–Crippen LogP) is 4.14. The molecule has 0 spiro atoms. The van der Waals surface area contributed by atoms with Crippen LogP contribution in [0.1, 0.15) is 10.4 Å². The van der Waals surface area contributed by atoms with Crippen molar-refractivity contribution in [1.82, 2.24) is 9.71 Å². The Morgan fingerprint density at radius 1 is 1.00 bits per heavy atom. The maximum absolute atomic E-state index is 12.5. The van der Waals surface area contributed by atoms with Crippen LogP contribution in [0, 0.1) is 0 Å². The van der Waals surface area contributed by atoms with E-state index in [2.05, 4.69) is 9.72 Å². The molecule has 12 heteroatoms. The molecule has 8 nitrogen and oxygen atoms in total. The summed E-state index contributed by atoms with van der Waals surface area (Å²) in [7, 11) is -2.43. The van der Waals surface area contributed by atoms with Crippen molar-refractivity contribution >= 4 is 15.9 Å². The first-order valence-corrected chi connectivity index (χ1v) is 11.0. The van der Waals surface area contributed by atoms with Gasteiger partial charge in [-0.1, -0.05) is 6.07 Å². The highest BCUT2D eigenvalue weighted by Gasteiger charge is 2.31. The highest BCUT2D eigenvalue weighted by molar-refractivity contribution is 7.89. The summed E-state index contributed by atoms with van der Waals surface area (Å²) in [6, 6.07) is 12.1. The van der Waals surface area contributed by atoms with E-state index in [0.717, 1.165) is 18.4 Å². The Labute approximate surface area is 187 Å². The quantitative estimate of drug-likeness (QED) is 0.540. The summed E-state index contributed by atoms with van der Waals surface area (Å²) in [5, 5.41) is 0. The number of alkyl halides is 3. The third-order valence-corrected chi connectivity index (χ3v) is 4.60. The van der Waals surface area contributed by atoms with Crippen LogP contribution in [0.2, 0.25) is 0 Å². The van der Waals surface area contributed by atoms with E-state index in [4.69, 9.17) is 9.47 Å². The van der Waals surface area contributed by atoms with Gasteiger partial charge in [-0.25, -0.2) is 18.1 Å². The molecular weight excluding hydrogens is 465 g/mol. The Balaban J connectivity index is 2.06. The number of methoxy groups -OCH3 is 1. The van der Waals surface area contributed by atoms with E-state index in [1.807, 2.05) is 4.72 Å². The number of pyridine rings is 1. The van der Waals surface area contributed by atoms with Gasteiger partial charge in [0.1, 0.15) is 17.2 Å². The van der Waals surface area contributed by atoms with E-state index in [1.54, 1.807) is 12.1 Å². The lowest BCUT2D eigenvalue weighted by molar-refractivity contribution is -0.274. The summed E-state index contributed by atoms with van der Waals surface area (Å²) in [5.74, 6) is -1.02. The minimum atomic E-state index is -4.87. The van der Waals surface area contributed by atoms with Crippen LogP contribution in [0.3, 0.4) is 0 Å². The lowest BCUT2D eigenvalue weighted by atomic mass is 10.0. The standard InChI is InChI=1S/C21H17F3N2O6S/c1-30-20-16(7-4-10-25-20)17-11-13(19(27)26-33(2,28)29)8-9-18(17)31-14-5-3-6-15(12-14)32-21(22,23)24/h3-12H,1-2H3,(H,26,27). The van der Waals surface area contributed by atoms with Crippen molar-refractivity contribution in [1.29, 1.82) is 0 Å². The van der Waals surface area contributed by atoms with Gasteiger partial charge in [0.2, 0.25) is 15.9 Å². The lowest BCUT2D eigenvalue weighted by Crippen LogP contribution is -2.29. The minimum Gasteiger partial charge on any atom is -0.481 e. The minimum absolute atomic E-state index is 0.0113. The summed E-state index contributed by atoms with van der Waals surface area (Å²) < 4.78 is 77.3. The van der Waals surface area contributed by atoms with E-state index >= 15 is 0 Å². The van der Waals surface area contributed by atoms with Crippen LogP contribution in [-0.4, -0.2) is 39.0 Å². The number of hydrogen-bond acceptors (Lipinski definition) is 7. The first-order valence-electron chi connectivity index (χ1n) is 9.14. The van der Waals surface area contributed by atoms with Gasteiger partial charge in [-0.2, -0.15) is 0 Å². The van der Waals surface area contributed by atoms with Gasteiger partial charge in [0.05, 0.1) is 13.4 Å². The molecule has 2 aromatic carbocycles. The van der Waals surface area contributed by atoms with Crippen molar-refractivity contribution in [3.63, 3.8) is 0 Å². The Bertz CT molecular complexity index is 1280. The van der Waals surface area contributed by atoms with Crippen LogP contribution in [0.5, 0.6) is 23.1 Å². The molecule has 0 saturated carbocycles. The van der Waals surface area contributed by atoms with Gasteiger partial charge in [-0.3, -0.25) is 4.79 Å². The Morgan fingerprint density at radius 2 is 1.73 bits per heavy atom. The van der Waals surface area contributed by atoms with Crippen LogP contribution >= 0.6 is 0 Å². The number of carbonyl (C=O) groups excluding carboxylic acids is 1. The smallest absolute Gasteiger partial charge is 0.481 e. The molecule has 0 aliphatic heterocycles. The van der Waals surface area contributed by atoms with E-state index in [-0.39, 0.29) is 28.5 Å². The van der Waals surface area contributed by atoms with E-state index in [9.17, 15) is 26.4 Å². The molecule has 33 heavy (non-hydrogen) atoms. The molecule has 0 unspecified atom stereocenters. The van der Waals surface area contributed by atoms with Crippen LogP contribution in [-0.2, 0) is 10.0 Å². The number of nitrogens with one attached hydrogen (secondary N) is 1. The first kappa shape index (κ1) is 23.9. The molecule has 1 heterocycles. The summed E-state index contributed by atoms with van der Waals surface area (Å²) in [5.41, 5.74) is 0.665. The maximum Gasteiger partial charge on any atom is 0.573 e. The molecular formula is C21H17F3N2O6S. The van der Waals surface area contributed by atoms with Gasteiger partial charge in [-0.15, -0.1) is 13.2 Å². The van der Waals surface area contributed by atoms with Crippen LogP contribution in [0.4, 0.5) is 13.2 Å². The second-order valence-corrected chi connectivity index (χ2v) is 8.35. The molecule has 0 fully saturated rings. The van der Waals surface area contributed by atoms with Crippen molar-refractivity contribution < 1.29 is 40.6 Å². The zero-order valence-corrected chi connectivity index (χ0v) is 18.0. The van der Waals surface area contributed by atoms with Crippen LogP contribution < -0.4 is 18.9 Å². The number of halogens is 3. The molecule has 1 amide bonds. The molecule has 0 atom stereocenters. The van der Waals surface area contributed by atoms with E-state index < -0.39 is 28.0 Å². The van der Waals surface area contributed by atoms with Gasteiger partial charge in [0, 0.05) is 29.0 Å². The molecule has 0 radical (unpaired) electrons. The zero-order valence-electron chi connectivity index (χ0n) is 17.2. The molecule has 174 valence electrons. The normalized spacial score (nSPS) is 11.5. The number of amides is 1. The summed E-state index contributed by atoms with van der Waals surface area (Å²) in [4.78, 5) is 16.4. The molecule has 0 aliphatic carbocycles. The van der Waals surface area contributed by atoms with E-state index in [1.165, 1.54) is 43.6 Å². The van der Waals surface area contributed by atoms with Crippen molar-refractivity contribution in [2.45, 2.75) is 6.36 Å². The Morgan fingerprint density at radius 3 is 2.39 bits per heavy atom. The third kappa shape index (κ3) is 6.59. The first-order chi connectivity index (χ1) is 15.4. The fourth-order valence-corrected chi connectivity index (χ4v) is 3.27. The predicted molar refractivity (Wildman–Crippen MR) is 112 cm³/mol. The summed E-state index contributed by atoms with van der Waals surface area (Å²) >= 11 is 0. The highest BCUT2D eigenvalue weighted by atomic mass is 32.2. The number of carbonyl (C=O) groups is 1. The second-order valence-electron chi connectivity index (χ2n) is 6.60. The summed E-state index contributed by atoms with van der Waals surface area (Å²) in [6.45, 7) is 0. The number of hydrogen-bond donors (Lipinski definition) is 1. The number of rotatable bonds is 7. The molecule has 1 aromatic heterocycles. The molecule has 3 aromatic rings. The van der Waals surface area contributed by atoms with Crippen LogP contribution in [0.25, 0.3) is 11.1 Å². The largest absolute Gasteiger partial charge is 0.573 e. The van der Waals surface area contributed by atoms with Gasteiger partial charge < -0.3 is 14.2 Å². The van der Waals surface area contributed by atoms with Crippen molar-refractivity contribution in [3.05, 3.63) is 66.4 Å². The fraction of sp³-hybridized carbons (Fsp3) is 0.143. The number of ether oxygens (including phenoxy) is 3.